The molecule has 0 bridgehead atoms. The van der Waals surface area contributed by atoms with Crippen molar-refractivity contribution in [2.45, 2.75) is 44.9 Å². The number of benzene rings is 1. The molecule has 0 radical (unpaired) electrons. The Morgan fingerprint density at radius 1 is 1.35 bits per heavy atom. The van der Waals surface area contributed by atoms with E-state index >= 15 is 0 Å². The van der Waals surface area contributed by atoms with Gasteiger partial charge in [-0.15, -0.1) is 0 Å². The lowest BCUT2D eigenvalue weighted by Gasteiger charge is -2.23. The quantitative estimate of drug-likeness (QED) is 0.653. The monoisotopic (exact) mass is 275 g/mol. The van der Waals surface area contributed by atoms with Gasteiger partial charge in [0.2, 0.25) is 0 Å². The number of carboxylic acids is 1. The topological polar surface area (TPSA) is 69.9 Å². The highest BCUT2D eigenvalue weighted by Gasteiger charge is 2.21. The molecule has 0 spiro atoms. The van der Waals surface area contributed by atoms with Crippen molar-refractivity contribution in [3.05, 3.63) is 35.4 Å². The first-order valence-electron chi connectivity index (χ1n) is 7.14. The SMILES string of the molecule is C[C@@H](C(=O)O)c1ccc(C[C@@H]2CCCC/C2=N/O)cc1. The minimum Gasteiger partial charge on any atom is -0.481 e. The molecular weight excluding hydrogens is 254 g/mol. The van der Waals surface area contributed by atoms with Gasteiger partial charge in [-0.25, -0.2) is 0 Å². The van der Waals surface area contributed by atoms with Gasteiger partial charge in [0.15, 0.2) is 0 Å². The third-order valence-electron chi connectivity index (χ3n) is 4.17. The van der Waals surface area contributed by atoms with Crippen molar-refractivity contribution in [1.82, 2.24) is 0 Å². The molecule has 2 N–H and O–H groups in total. The standard InChI is InChI=1S/C16H21NO3/c1-11(16(18)19)13-8-6-12(7-9-13)10-14-4-2-3-5-15(14)17-20/h6-9,11,14,20H,2-5,10H2,1H3,(H,18,19)/b17-15-/t11-,14+/m1/s1. The van der Waals surface area contributed by atoms with Crippen molar-refractivity contribution in [2.75, 3.05) is 0 Å². The minimum atomic E-state index is -0.806. The summed E-state index contributed by atoms with van der Waals surface area (Å²) in [6.07, 6.45) is 5.09. The third kappa shape index (κ3) is 3.38. The molecule has 1 fully saturated rings. The van der Waals surface area contributed by atoms with Crippen molar-refractivity contribution < 1.29 is 15.1 Å². The highest BCUT2D eigenvalue weighted by molar-refractivity contribution is 5.87. The molecule has 4 nitrogen and oxygen atoms in total. The third-order valence-corrected chi connectivity index (χ3v) is 4.17. The van der Waals surface area contributed by atoms with Crippen LogP contribution in [0.4, 0.5) is 0 Å². The van der Waals surface area contributed by atoms with E-state index < -0.39 is 11.9 Å². The van der Waals surface area contributed by atoms with Gasteiger partial charge in [-0.3, -0.25) is 4.79 Å². The molecule has 4 heteroatoms. The first-order chi connectivity index (χ1) is 9.61. The first-order valence-corrected chi connectivity index (χ1v) is 7.14. The second kappa shape index (κ2) is 6.55. The first kappa shape index (κ1) is 14.6. The van der Waals surface area contributed by atoms with Gasteiger partial charge in [0.05, 0.1) is 11.6 Å². The van der Waals surface area contributed by atoms with E-state index in [2.05, 4.69) is 5.16 Å². The maximum absolute atomic E-state index is 10.9. The van der Waals surface area contributed by atoms with Crippen molar-refractivity contribution in [3.8, 4) is 0 Å². The summed E-state index contributed by atoms with van der Waals surface area (Å²) >= 11 is 0. The predicted molar refractivity (Wildman–Crippen MR) is 77.4 cm³/mol. The van der Waals surface area contributed by atoms with Crippen LogP contribution in [0.5, 0.6) is 0 Å². The molecule has 2 atom stereocenters. The van der Waals surface area contributed by atoms with E-state index in [1.165, 1.54) is 12.0 Å². The average Bonchev–Trinajstić information content (AvgIpc) is 2.48. The Morgan fingerprint density at radius 3 is 2.65 bits per heavy atom. The Bertz CT molecular complexity index is 493. The molecule has 0 aliphatic heterocycles. The van der Waals surface area contributed by atoms with Crippen LogP contribution in [0, 0.1) is 5.92 Å². The van der Waals surface area contributed by atoms with Gasteiger partial charge < -0.3 is 10.3 Å². The van der Waals surface area contributed by atoms with Gasteiger partial charge in [0.25, 0.3) is 0 Å². The summed E-state index contributed by atoms with van der Waals surface area (Å²) in [5.74, 6) is -0.968. The van der Waals surface area contributed by atoms with E-state index in [4.69, 9.17) is 10.3 Å². The van der Waals surface area contributed by atoms with Crippen molar-refractivity contribution in [1.29, 1.82) is 0 Å². The van der Waals surface area contributed by atoms with Gasteiger partial charge in [-0.05, 0) is 43.7 Å². The van der Waals surface area contributed by atoms with Gasteiger partial charge in [0.1, 0.15) is 0 Å². The molecule has 20 heavy (non-hydrogen) atoms. The molecule has 0 unspecified atom stereocenters. The normalized spacial score (nSPS) is 22.6. The molecule has 0 amide bonds. The summed E-state index contributed by atoms with van der Waals surface area (Å²) < 4.78 is 0. The molecule has 108 valence electrons. The maximum atomic E-state index is 10.9. The summed E-state index contributed by atoms with van der Waals surface area (Å²) in [4.78, 5) is 10.9. The number of rotatable bonds is 4. The van der Waals surface area contributed by atoms with E-state index in [0.717, 1.165) is 37.0 Å². The van der Waals surface area contributed by atoms with Crippen molar-refractivity contribution >= 4 is 11.7 Å². The van der Waals surface area contributed by atoms with Gasteiger partial charge >= 0.3 is 5.97 Å². The average molecular weight is 275 g/mol. The van der Waals surface area contributed by atoms with E-state index in [1.807, 2.05) is 24.3 Å². The summed E-state index contributed by atoms with van der Waals surface area (Å²) in [7, 11) is 0. The second-order valence-corrected chi connectivity index (χ2v) is 5.54. The molecule has 0 aromatic heterocycles. The number of hydrogen-bond donors (Lipinski definition) is 2. The highest BCUT2D eigenvalue weighted by Crippen LogP contribution is 2.26. The molecule has 0 heterocycles. The number of hydrogen-bond acceptors (Lipinski definition) is 3. The van der Waals surface area contributed by atoms with Crippen LogP contribution in [-0.2, 0) is 11.2 Å². The lowest BCUT2D eigenvalue weighted by atomic mass is 9.83. The summed E-state index contributed by atoms with van der Waals surface area (Å²) in [5.41, 5.74) is 2.89. The van der Waals surface area contributed by atoms with Crippen LogP contribution in [0.2, 0.25) is 0 Å². The van der Waals surface area contributed by atoms with Gasteiger partial charge in [-0.1, -0.05) is 35.8 Å². The van der Waals surface area contributed by atoms with Crippen LogP contribution in [0.25, 0.3) is 0 Å². The lowest BCUT2D eigenvalue weighted by Crippen LogP contribution is -2.21. The zero-order valence-electron chi connectivity index (χ0n) is 11.7. The molecule has 1 saturated carbocycles. The summed E-state index contributed by atoms with van der Waals surface area (Å²) in [5, 5.41) is 21.5. The Labute approximate surface area is 119 Å². The fourth-order valence-electron chi connectivity index (χ4n) is 2.79. The predicted octanol–water partition coefficient (Wildman–Crippen LogP) is 3.44. The second-order valence-electron chi connectivity index (χ2n) is 5.54. The van der Waals surface area contributed by atoms with Crippen LogP contribution in [-0.4, -0.2) is 22.0 Å². The van der Waals surface area contributed by atoms with Crippen LogP contribution < -0.4 is 0 Å². The van der Waals surface area contributed by atoms with Gasteiger partial charge in [0, 0.05) is 5.92 Å². The largest absolute Gasteiger partial charge is 0.481 e. The zero-order chi connectivity index (χ0) is 14.5. The molecule has 2 rings (SSSR count). The van der Waals surface area contributed by atoms with Crippen molar-refractivity contribution in [2.24, 2.45) is 11.1 Å². The van der Waals surface area contributed by atoms with E-state index in [-0.39, 0.29) is 0 Å². The fourth-order valence-corrected chi connectivity index (χ4v) is 2.79. The lowest BCUT2D eigenvalue weighted by molar-refractivity contribution is -0.138. The number of oxime groups is 1. The summed E-state index contributed by atoms with van der Waals surface area (Å²) in [6.45, 7) is 1.69. The molecule has 1 aliphatic carbocycles. The molecule has 1 aliphatic rings. The minimum absolute atomic E-state index is 0.316. The number of aliphatic carboxylic acids is 1. The van der Waals surface area contributed by atoms with Crippen LogP contribution in [0.1, 0.15) is 49.7 Å². The maximum Gasteiger partial charge on any atom is 0.310 e. The molecule has 0 saturated heterocycles. The number of nitrogens with zero attached hydrogens (tertiary/aromatic N) is 1. The zero-order valence-corrected chi connectivity index (χ0v) is 11.7. The Hall–Kier alpha value is -1.84. The molecule has 1 aromatic rings. The number of carboxylic acid groups (broad SMARTS) is 1. The van der Waals surface area contributed by atoms with E-state index in [0.29, 0.717) is 5.92 Å². The van der Waals surface area contributed by atoms with Crippen LogP contribution >= 0.6 is 0 Å². The number of carbonyl (C=O) groups is 1. The molecular formula is C16H21NO3. The van der Waals surface area contributed by atoms with Gasteiger partial charge in [-0.2, -0.15) is 0 Å². The smallest absolute Gasteiger partial charge is 0.310 e. The molecule has 1 aromatic carbocycles. The Kier molecular flexibility index (Phi) is 4.77. The van der Waals surface area contributed by atoms with Crippen molar-refractivity contribution in [3.63, 3.8) is 0 Å². The Morgan fingerprint density at radius 2 is 2.05 bits per heavy atom. The van der Waals surface area contributed by atoms with E-state index in [9.17, 15) is 4.79 Å². The van der Waals surface area contributed by atoms with E-state index in [1.54, 1.807) is 6.92 Å². The Balaban J connectivity index is 2.05. The van der Waals surface area contributed by atoms with Crippen LogP contribution in [0.15, 0.2) is 29.4 Å². The summed E-state index contributed by atoms with van der Waals surface area (Å²) in [6, 6.07) is 7.73. The fraction of sp³-hybridized carbons (Fsp3) is 0.500. The van der Waals surface area contributed by atoms with Crippen LogP contribution in [0.3, 0.4) is 0 Å². The highest BCUT2D eigenvalue weighted by atomic mass is 16.4.